The van der Waals surface area contributed by atoms with E-state index >= 15 is 0 Å². The second-order valence-corrected chi connectivity index (χ2v) is 3.19. The molecule has 0 saturated heterocycles. The molecule has 2 rings (SSSR count). The zero-order valence-electron chi connectivity index (χ0n) is 6.09. The Hall–Kier alpha value is -0.960. The summed E-state index contributed by atoms with van der Waals surface area (Å²) in [6.45, 7) is 0. The summed E-state index contributed by atoms with van der Waals surface area (Å²) < 4.78 is 13.8. The monoisotopic (exact) mass is 225 g/mol. The lowest BCUT2D eigenvalue weighted by atomic mass is 10.2. The number of benzene rings is 1. The Morgan fingerprint density at radius 3 is 2.75 bits per heavy atom. The summed E-state index contributed by atoms with van der Waals surface area (Å²) in [6, 6.07) is 6.60. The normalized spacial score (nSPS) is 10.5. The Kier molecular flexibility index (Phi) is 1.81. The van der Waals surface area contributed by atoms with Crippen LogP contribution >= 0.6 is 15.9 Å². The smallest absolute Gasteiger partial charge is 0.131 e. The van der Waals surface area contributed by atoms with Crippen molar-refractivity contribution in [3.05, 3.63) is 40.9 Å². The summed E-state index contributed by atoms with van der Waals surface area (Å²) in [5.74, 6) is -0.212. The fourth-order valence-corrected chi connectivity index (χ4v) is 1.60. The number of halogens is 2. The fourth-order valence-electron chi connectivity index (χ4n) is 1.13. The number of rotatable bonds is 0. The minimum absolute atomic E-state index is 0.212. The average molecular weight is 226 g/mol. The van der Waals surface area contributed by atoms with Gasteiger partial charge in [-0.25, -0.2) is 9.37 Å². The lowest BCUT2D eigenvalue weighted by Gasteiger charge is -1.99. The van der Waals surface area contributed by atoms with E-state index in [-0.39, 0.29) is 5.82 Å². The van der Waals surface area contributed by atoms with E-state index in [9.17, 15) is 4.39 Å². The third-order valence-electron chi connectivity index (χ3n) is 1.70. The lowest BCUT2D eigenvalue weighted by Crippen LogP contribution is -1.82. The Labute approximate surface area is 77.4 Å². The molecule has 0 aliphatic rings. The van der Waals surface area contributed by atoms with Crippen LogP contribution in [0.4, 0.5) is 4.39 Å². The molecule has 0 bridgehead atoms. The van der Waals surface area contributed by atoms with Crippen molar-refractivity contribution in [3.63, 3.8) is 0 Å². The van der Waals surface area contributed by atoms with E-state index in [1.165, 1.54) is 6.07 Å². The Bertz CT molecular complexity index is 387. The third kappa shape index (κ3) is 1.10. The molecule has 1 aromatic carbocycles. The molecule has 0 radical (unpaired) electrons. The van der Waals surface area contributed by atoms with E-state index in [4.69, 9.17) is 0 Å². The van der Waals surface area contributed by atoms with Crippen LogP contribution in [0.3, 0.4) is 0 Å². The predicted molar refractivity (Wildman–Crippen MR) is 49.4 cm³/mol. The molecule has 0 N–H and O–H groups in total. The van der Waals surface area contributed by atoms with E-state index in [1.54, 1.807) is 18.3 Å². The van der Waals surface area contributed by atoms with Crippen molar-refractivity contribution >= 4 is 26.7 Å². The molecule has 0 aliphatic heterocycles. The van der Waals surface area contributed by atoms with Crippen LogP contribution in [0.1, 0.15) is 0 Å². The van der Waals surface area contributed by atoms with Crippen molar-refractivity contribution in [2.45, 2.75) is 0 Å². The second kappa shape index (κ2) is 2.83. The van der Waals surface area contributed by atoms with Crippen LogP contribution in [-0.4, -0.2) is 4.98 Å². The molecule has 0 atom stereocenters. The van der Waals surface area contributed by atoms with Crippen LogP contribution in [0.5, 0.6) is 0 Å². The summed E-state index contributed by atoms with van der Waals surface area (Å²) >= 11 is 3.25. The molecule has 60 valence electrons. The Morgan fingerprint density at radius 1 is 1.17 bits per heavy atom. The van der Waals surface area contributed by atoms with Gasteiger partial charge in [0, 0.05) is 17.0 Å². The maximum atomic E-state index is 13.1. The van der Waals surface area contributed by atoms with Crippen LogP contribution in [0.25, 0.3) is 10.8 Å². The molecule has 1 heterocycles. The van der Waals surface area contributed by atoms with Crippen LogP contribution in [0, 0.1) is 5.82 Å². The van der Waals surface area contributed by atoms with Crippen molar-refractivity contribution in [1.29, 1.82) is 0 Å². The first kappa shape index (κ1) is 7.68. The highest BCUT2D eigenvalue weighted by Gasteiger charge is 2.01. The van der Waals surface area contributed by atoms with Gasteiger partial charge in [-0.15, -0.1) is 0 Å². The molecule has 1 nitrogen and oxygen atoms in total. The first-order chi connectivity index (χ1) is 5.79. The van der Waals surface area contributed by atoms with Crippen LogP contribution in [-0.2, 0) is 0 Å². The minimum atomic E-state index is -0.212. The molecule has 0 fully saturated rings. The number of pyridine rings is 1. The summed E-state index contributed by atoms with van der Waals surface area (Å²) in [5.41, 5.74) is 0. The highest BCUT2D eigenvalue weighted by Crippen LogP contribution is 2.22. The van der Waals surface area contributed by atoms with Gasteiger partial charge in [-0.1, -0.05) is 12.1 Å². The van der Waals surface area contributed by atoms with Crippen molar-refractivity contribution in [1.82, 2.24) is 4.98 Å². The maximum absolute atomic E-state index is 13.1. The standard InChI is InChI=1S/C9H5BrFN/c10-9-7-2-1-3-8(11)6(7)4-5-12-9/h1-5H. The summed E-state index contributed by atoms with van der Waals surface area (Å²) in [7, 11) is 0. The van der Waals surface area contributed by atoms with Gasteiger partial charge in [0.2, 0.25) is 0 Å². The number of fused-ring (bicyclic) bond motifs is 1. The summed E-state index contributed by atoms with van der Waals surface area (Å²) in [4.78, 5) is 4.00. The van der Waals surface area contributed by atoms with E-state index in [0.717, 1.165) is 5.39 Å². The fraction of sp³-hybridized carbons (Fsp3) is 0. The molecule has 0 unspecified atom stereocenters. The van der Waals surface area contributed by atoms with Gasteiger partial charge in [-0.05, 0) is 28.1 Å². The number of nitrogens with zero attached hydrogens (tertiary/aromatic N) is 1. The highest BCUT2D eigenvalue weighted by molar-refractivity contribution is 9.10. The molecule has 0 aliphatic carbocycles. The van der Waals surface area contributed by atoms with Crippen molar-refractivity contribution in [3.8, 4) is 0 Å². The topological polar surface area (TPSA) is 12.9 Å². The highest BCUT2D eigenvalue weighted by atomic mass is 79.9. The number of hydrogen-bond donors (Lipinski definition) is 0. The van der Waals surface area contributed by atoms with Gasteiger partial charge in [-0.3, -0.25) is 0 Å². The molecule has 3 heteroatoms. The molecule has 12 heavy (non-hydrogen) atoms. The molecule has 1 aromatic heterocycles. The largest absolute Gasteiger partial charge is 0.249 e. The Balaban J connectivity index is 2.94. The van der Waals surface area contributed by atoms with E-state index in [2.05, 4.69) is 20.9 Å². The van der Waals surface area contributed by atoms with Gasteiger partial charge in [0.25, 0.3) is 0 Å². The molecule has 2 aromatic rings. The molecule has 0 saturated carbocycles. The van der Waals surface area contributed by atoms with Crippen LogP contribution < -0.4 is 0 Å². The number of hydrogen-bond acceptors (Lipinski definition) is 1. The Morgan fingerprint density at radius 2 is 2.00 bits per heavy atom. The van der Waals surface area contributed by atoms with Crippen molar-refractivity contribution in [2.24, 2.45) is 0 Å². The second-order valence-electron chi connectivity index (χ2n) is 2.44. The number of aromatic nitrogens is 1. The van der Waals surface area contributed by atoms with Gasteiger partial charge in [0.05, 0.1) is 0 Å². The lowest BCUT2D eigenvalue weighted by molar-refractivity contribution is 0.639. The van der Waals surface area contributed by atoms with E-state index in [1.807, 2.05) is 6.07 Å². The van der Waals surface area contributed by atoms with Crippen molar-refractivity contribution < 1.29 is 4.39 Å². The van der Waals surface area contributed by atoms with Gasteiger partial charge in [0.1, 0.15) is 10.4 Å². The molecule has 0 spiro atoms. The zero-order chi connectivity index (χ0) is 8.55. The molecular weight excluding hydrogens is 221 g/mol. The van der Waals surface area contributed by atoms with Gasteiger partial charge in [0.15, 0.2) is 0 Å². The molecular formula is C9H5BrFN. The van der Waals surface area contributed by atoms with Crippen molar-refractivity contribution in [2.75, 3.05) is 0 Å². The van der Waals surface area contributed by atoms with Crippen LogP contribution in [0.2, 0.25) is 0 Å². The predicted octanol–water partition coefficient (Wildman–Crippen LogP) is 3.14. The first-order valence-electron chi connectivity index (χ1n) is 3.48. The summed E-state index contributed by atoms with van der Waals surface area (Å²) in [6.07, 6.45) is 1.58. The zero-order valence-corrected chi connectivity index (χ0v) is 7.68. The summed E-state index contributed by atoms with van der Waals surface area (Å²) in [5, 5.41) is 1.40. The maximum Gasteiger partial charge on any atom is 0.131 e. The van der Waals surface area contributed by atoms with Gasteiger partial charge < -0.3 is 0 Å². The van der Waals surface area contributed by atoms with Gasteiger partial charge >= 0.3 is 0 Å². The van der Waals surface area contributed by atoms with Gasteiger partial charge in [-0.2, -0.15) is 0 Å². The van der Waals surface area contributed by atoms with E-state index < -0.39 is 0 Å². The average Bonchev–Trinajstić information content (AvgIpc) is 2.07. The third-order valence-corrected chi connectivity index (χ3v) is 2.34. The minimum Gasteiger partial charge on any atom is -0.249 e. The quantitative estimate of drug-likeness (QED) is 0.629. The SMILES string of the molecule is Fc1cccc2c(Br)nccc12. The van der Waals surface area contributed by atoms with Crippen LogP contribution in [0.15, 0.2) is 35.1 Å². The first-order valence-corrected chi connectivity index (χ1v) is 4.27. The van der Waals surface area contributed by atoms with E-state index in [0.29, 0.717) is 9.99 Å². The molecule has 0 amide bonds.